The molecule has 0 unspecified atom stereocenters. The lowest BCUT2D eigenvalue weighted by atomic mass is 10.2. The molecule has 1 aromatic carbocycles. The molecule has 0 bridgehead atoms. The molecule has 2 rings (SSSR count). The first-order valence-electron chi connectivity index (χ1n) is 7.05. The number of hydrogen-bond acceptors (Lipinski definition) is 4. The molecule has 0 aliphatic rings. The van der Waals surface area contributed by atoms with Crippen LogP contribution in [-0.4, -0.2) is 18.1 Å². The van der Waals surface area contributed by atoms with Gasteiger partial charge in [0.05, 0.1) is 18.0 Å². The molecule has 21 heavy (non-hydrogen) atoms. The van der Waals surface area contributed by atoms with E-state index in [9.17, 15) is 4.39 Å². The highest BCUT2D eigenvalue weighted by Gasteiger charge is 2.08. The molecule has 0 saturated heterocycles. The Bertz CT molecular complexity index is 575. The van der Waals surface area contributed by atoms with E-state index in [2.05, 4.69) is 10.3 Å². The van der Waals surface area contributed by atoms with Crippen molar-refractivity contribution in [3.63, 3.8) is 0 Å². The molecule has 112 valence electrons. The van der Waals surface area contributed by atoms with Crippen molar-refractivity contribution in [2.75, 3.05) is 24.2 Å². The number of nitrogens with two attached hydrogens (primary N) is 1. The standard InChI is InChI=1S/C16H20FN3O/c1-2-9-21-16-11-15(14(18)10-13(16)17)20-8-5-12-3-6-19-7-4-12/h3-4,6-7,10-11,20H,2,5,8-9,18H2,1H3. The summed E-state index contributed by atoms with van der Waals surface area (Å²) in [5.74, 6) is -0.196. The second-order valence-electron chi connectivity index (χ2n) is 4.75. The van der Waals surface area contributed by atoms with Gasteiger partial charge in [0.1, 0.15) is 0 Å². The lowest BCUT2D eigenvalue weighted by molar-refractivity contribution is 0.301. The predicted octanol–water partition coefficient (Wildman–Crippen LogP) is 3.25. The minimum Gasteiger partial charge on any atom is -0.490 e. The number of anilines is 2. The summed E-state index contributed by atoms with van der Waals surface area (Å²) in [6.07, 6.45) is 5.19. The van der Waals surface area contributed by atoms with E-state index in [0.29, 0.717) is 24.5 Å². The maximum absolute atomic E-state index is 13.7. The molecule has 4 nitrogen and oxygen atoms in total. The molecule has 0 amide bonds. The molecule has 0 spiro atoms. The fourth-order valence-electron chi connectivity index (χ4n) is 1.94. The summed E-state index contributed by atoms with van der Waals surface area (Å²) < 4.78 is 19.1. The maximum Gasteiger partial charge on any atom is 0.167 e. The van der Waals surface area contributed by atoms with Crippen LogP contribution in [0.3, 0.4) is 0 Å². The second kappa shape index (κ2) is 7.47. The average molecular weight is 289 g/mol. The van der Waals surface area contributed by atoms with Crippen LogP contribution in [0.1, 0.15) is 18.9 Å². The monoisotopic (exact) mass is 289 g/mol. The van der Waals surface area contributed by atoms with Gasteiger partial charge in [-0.1, -0.05) is 6.92 Å². The van der Waals surface area contributed by atoms with Crippen molar-refractivity contribution in [1.29, 1.82) is 0 Å². The predicted molar refractivity (Wildman–Crippen MR) is 83.0 cm³/mol. The summed E-state index contributed by atoms with van der Waals surface area (Å²) in [6, 6.07) is 6.84. The minimum absolute atomic E-state index is 0.234. The highest BCUT2D eigenvalue weighted by Crippen LogP contribution is 2.28. The van der Waals surface area contributed by atoms with Gasteiger partial charge in [0.25, 0.3) is 0 Å². The molecule has 0 radical (unpaired) electrons. The van der Waals surface area contributed by atoms with E-state index in [1.807, 2.05) is 19.1 Å². The number of halogens is 1. The van der Waals surface area contributed by atoms with Gasteiger partial charge >= 0.3 is 0 Å². The third kappa shape index (κ3) is 4.34. The van der Waals surface area contributed by atoms with Crippen molar-refractivity contribution >= 4 is 11.4 Å². The van der Waals surface area contributed by atoms with Crippen molar-refractivity contribution in [3.8, 4) is 5.75 Å². The highest BCUT2D eigenvalue weighted by atomic mass is 19.1. The van der Waals surface area contributed by atoms with Crippen LogP contribution < -0.4 is 15.8 Å². The molecule has 1 heterocycles. The van der Waals surface area contributed by atoms with Crippen molar-refractivity contribution < 1.29 is 9.13 Å². The van der Waals surface area contributed by atoms with Crippen LogP contribution in [0.15, 0.2) is 36.7 Å². The van der Waals surface area contributed by atoms with Crippen LogP contribution >= 0.6 is 0 Å². The molecule has 0 saturated carbocycles. The van der Waals surface area contributed by atoms with E-state index < -0.39 is 5.82 Å². The van der Waals surface area contributed by atoms with Crippen molar-refractivity contribution in [2.45, 2.75) is 19.8 Å². The normalized spacial score (nSPS) is 10.4. The number of pyridine rings is 1. The fourth-order valence-corrected chi connectivity index (χ4v) is 1.94. The number of nitrogens with one attached hydrogen (secondary N) is 1. The topological polar surface area (TPSA) is 60.2 Å². The molecular formula is C16H20FN3O. The van der Waals surface area contributed by atoms with Crippen LogP contribution in [-0.2, 0) is 6.42 Å². The van der Waals surface area contributed by atoms with Gasteiger partial charge in [-0.15, -0.1) is 0 Å². The Morgan fingerprint density at radius 2 is 2.05 bits per heavy atom. The van der Waals surface area contributed by atoms with Crippen LogP contribution in [0.5, 0.6) is 5.75 Å². The molecule has 5 heteroatoms. The van der Waals surface area contributed by atoms with Gasteiger partial charge in [-0.2, -0.15) is 0 Å². The van der Waals surface area contributed by atoms with Crippen LogP contribution in [0.4, 0.5) is 15.8 Å². The van der Waals surface area contributed by atoms with Gasteiger partial charge < -0.3 is 15.8 Å². The second-order valence-corrected chi connectivity index (χ2v) is 4.75. The SMILES string of the molecule is CCCOc1cc(NCCc2ccncc2)c(N)cc1F. The van der Waals surface area contributed by atoms with E-state index in [-0.39, 0.29) is 5.75 Å². The van der Waals surface area contributed by atoms with Gasteiger partial charge in [-0.05, 0) is 30.5 Å². The Kier molecular flexibility index (Phi) is 5.37. The van der Waals surface area contributed by atoms with Crippen molar-refractivity contribution in [3.05, 3.63) is 48.0 Å². The smallest absolute Gasteiger partial charge is 0.167 e. The zero-order chi connectivity index (χ0) is 15.1. The molecule has 0 fully saturated rings. The zero-order valence-electron chi connectivity index (χ0n) is 12.1. The Labute approximate surface area is 124 Å². The number of benzene rings is 1. The summed E-state index contributed by atoms with van der Waals surface area (Å²) in [5.41, 5.74) is 8.08. The quantitative estimate of drug-likeness (QED) is 0.768. The van der Waals surface area contributed by atoms with Gasteiger partial charge in [-0.3, -0.25) is 4.98 Å². The number of aromatic nitrogens is 1. The number of nitrogens with zero attached hydrogens (tertiary/aromatic N) is 1. The van der Waals surface area contributed by atoms with Gasteiger partial charge in [0.2, 0.25) is 0 Å². The largest absolute Gasteiger partial charge is 0.490 e. The van der Waals surface area contributed by atoms with Crippen LogP contribution in [0, 0.1) is 5.82 Å². The molecule has 0 aliphatic carbocycles. The summed E-state index contributed by atoms with van der Waals surface area (Å²) in [6.45, 7) is 3.16. The number of hydrogen-bond donors (Lipinski definition) is 2. The Morgan fingerprint density at radius 1 is 1.29 bits per heavy atom. The number of rotatable bonds is 7. The van der Waals surface area contributed by atoms with E-state index >= 15 is 0 Å². The summed E-state index contributed by atoms with van der Waals surface area (Å²) >= 11 is 0. The molecule has 0 aliphatic heterocycles. The molecule has 2 aromatic rings. The molecular weight excluding hydrogens is 269 g/mol. The van der Waals surface area contributed by atoms with Crippen molar-refractivity contribution in [2.24, 2.45) is 0 Å². The lowest BCUT2D eigenvalue weighted by Crippen LogP contribution is -2.08. The van der Waals surface area contributed by atoms with E-state index in [1.165, 1.54) is 11.6 Å². The van der Waals surface area contributed by atoms with Crippen LogP contribution in [0.25, 0.3) is 0 Å². The van der Waals surface area contributed by atoms with E-state index in [1.54, 1.807) is 18.5 Å². The first-order chi connectivity index (χ1) is 10.2. The first-order valence-corrected chi connectivity index (χ1v) is 7.05. The average Bonchev–Trinajstić information content (AvgIpc) is 2.49. The van der Waals surface area contributed by atoms with Crippen molar-refractivity contribution in [1.82, 2.24) is 4.98 Å². The van der Waals surface area contributed by atoms with Gasteiger partial charge in [-0.25, -0.2) is 4.39 Å². The third-order valence-corrected chi connectivity index (χ3v) is 3.04. The van der Waals surface area contributed by atoms with E-state index in [4.69, 9.17) is 10.5 Å². The number of nitrogen functional groups attached to an aromatic ring is 1. The first kappa shape index (κ1) is 15.1. The molecule has 0 atom stereocenters. The maximum atomic E-state index is 13.7. The summed E-state index contributed by atoms with van der Waals surface area (Å²) in [7, 11) is 0. The van der Waals surface area contributed by atoms with Gasteiger partial charge in [0, 0.05) is 31.1 Å². The third-order valence-electron chi connectivity index (χ3n) is 3.04. The minimum atomic E-state index is -0.430. The number of ether oxygens (including phenoxy) is 1. The summed E-state index contributed by atoms with van der Waals surface area (Å²) in [5, 5.41) is 3.21. The lowest BCUT2D eigenvalue weighted by Gasteiger charge is -2.13. The Hall–Kier alpha value is -2.30. The van der Waals surface area contributed by atoms with Gasteiger partial charge in [0.15, 0.2) is 11.6 Å². The molecule has 3 N–H and O–H groups in total. The Morgan fingerprint density at radius 3 is 2.76 bits per heavy atom. The zero-order valence-corrected chi connectivity index (χ0v) is 12.1. The highest BCUT2D eigenvalue weighted by molar-refractivity contribution is 5.68. The van der Waals surface area contributed by atoms with E-state index in [0.717, 1.165) is 12.8 Å². The van der Waals surface area contributed by atoms with Crippen LogP contribution in [0.2, 0.25) is 0 Å². The Balaban J connectivity index is 1.98. The summed E-state index contributed by atoms with van der Waals surface area (Å²) in [4.78, 5) is 3.98. The molecule has 1 aromatic heterocycles. The fraction of sp³-hybridized carbons (Fsp3) is 0.312.